The minimum Gasteiger partial charge on any atom is -0.393 e. The molecule has 176 valence electrons. The molecule has 1 aromatic heterocycles. The van der Waals surface area contributed by atoms with E-state index in [1.165, 1.54) is 35.2 Å². The number of nitrogens with one attached hydrogen (secondary N) is 1. The Morgan fingerprint density at radius 3 is 2.68 bits per heavy atom. The summed E-state index contributed by atoms with van der Waals surface area (Å²) >= 11 is 0. The molecule has 6 nitrogen and oxygen atoms in total. The van der Waals surface area contributed by atoms with Gasteiger partial charge in [0.1, 0.15) is 23.6 Å². The van der Waals surface area contributed by atoms with Crippen LogP contribution in [0.5, 0.6) is 0 Å². The van der Waals surface area contributed by atoms with Gasteiger partial charge in [0.25, 0.3) is 5.91 Å². The first-order valence-electron chi connectivity index (χ1n) is 10.4. The maximum atomic E-state index is 14.8. The standard InChI is InChI=1S/C24H20F4N4O2/c25-15-5-6-16(19(27)10-15)14-9-21(29-11-14)23-17(3-1-4-18(23)26)24(34)31-22(20(28)13-33)12-32-8-2-7-30-32/h1-10,20,22,33H,11-13H2,(H,31,34)/t20-,22-/m1/s1. The molecule has 0 saturated carbocycles. The molecule has 10 heteroatoms. The summed E-state index contributed by atoms with van der Waals surface area (Å²) in [4.78, 5) is 17.3. The van der Waals surface area contributed by atoms with E-state index in [1.807, 2.05) is 0 Å². The van der Waals surface area contributed by atoms with Gasteiger partial charge in [-0.1, -0.05) is 6.07 Å². The number of nitrogens with zero attached hydrogens (tertiary/aromatic N) is 3. The summed E-state index contributed by atoms with van der Waals surface area (Å²) in [6.45, 7) is -0.878. The van der Waals surface area contributed by atoms with Crippen LogP contribution in [0, 0.1) is 17.5 Å². The maximum absolute atomic E-state index is 14.8. The molecule has 2 heterocycles. The summed E-state index contributed by atoms with van der Waals surface area (Å²) in [7, 11) is 0. The summed E-state index contributed by atoms with van der Waals surface area (Å²) in [5, 5.41) is 15.7. The number of aliphatic hydroxyl groups excluding tert-OH is 1. The molecule has 34 heavy (non-hydrogen) atoms. The third-order valence-corrected chi connectivity index (χ3v) is 5.39. The summed E-state index contributed by atoms with van der Waals surface area (Å²) in [6.07, 6.45) is 2.70. The zero-order valence-electron chi connectivity index (χ0n) is 17.8. The van der Waals surface area contributed by atoms with Gasteiger partial charge in [0, 0.05) is 29.6 Å². The number of aliphatic imine (C=N–C) groups is 1. The fraction of sp³-hybridized carbons (Fsp3) is 0.208. The van der Waals surface area contributed by atoms with Crippen molar-refractivity contribution in [1.29, 1.82) is 0 Å². The van der Waals surface area contributed by atoms with Gasteiger partial charge in [-0.2, -0.15) is 5.10 Å². The second-order valence-electron chi connectivity index (χ2n) is 7.66. The van der Waals surface area contributed by atoms with E-state index in [9.17, 15) is 27.5 Å². The van der Waals surface area contributed by atoms with Crippen LogP contribution in [0.2, 0.25) is 0 Å². The van der Waals surface area contributed by atoms with Crippen molar-refractivity contribution in [2.45, 2.75) is 18.8 Å². The molecule has 0 unspecified atom stereocenters. The Morgan fingerprint density at radius 2 is 1.97 bits per heavy atom. The van der Waals surface area contributed by atoms with Crippen molar-refractivity contribution in [3.05, 3.63) is 95.1 Å². The fourth-order valence-corrected chi connectivity index (χ4v) is 3.70. The Hall–Kier alpha value is -3.79. The number of alkyl halides is 1. The number of carbonyl (C=O) groups excluding carboxylic acids is 1. The normalized spacial score (nSPS) is 15.0. The molecule has 1 amide bonds. The zero-order valence-corrected chi connectivity index (χ0v) is 17.8. The van der Waals surface area contributed by atoms with Crippen LogP contribution in [-0.2, 0) is 6.54 Å². The second-order valence-corrected chi connectivity index (χ2v) is 7.66. The quantitative estimate of drug-likeness (QED) is 0.494. The van der Waals surface area contributed by atoms with Crippen molar-refractivity contribution in [2.24, 2.45) is 4.99 Å². The number of carbonyl (C=O) groups is 1. The topological polar surface area (TPSA) is 79.5 Å². The van der Waals surface area contributed by atoms with Crippen molar-refractivity contribution in [1.82, 2.24) is 15.1 Å². The molecule has 0 fully saturated rings. The van der Waals surface area contributed by atoms with Crippen LogP contribution in [0.3, 0.4) is 0 Å². The SMILES string of the molecule is O=C(N[C@H](Cn1cccn1)[C@H](F)CO)c1cccc(F)c1C1=NCC(c2ccc(F)cc2F)=C1. The van der Waals surface area contributed by atoms with E-state index in [0.29, 0.717) is 5.57 Å². The summed E-state index contributed by atoms with van der Waals surface area (Å²) < 4.78 is 58.1. The van der Waals surface area contributed by atoms with Crippen molar-refractivity contribution in [3.8, 4) is 0 Å². The number of rotatable bonds is 8. The lowest BCUT2D eigenvalue weighted by molar-refractivity contribution is 0.0849. The predicted octanol–water partition coefficient (Wildman–Crippen LogP) is 3.32. The lowest BCUT2D eigenvalue weighted by Crippen LogP contribution is -2.46. The van der Waals surface area contributed by atoms with Crippen LogP contribution in [0.15, 0.2) is 65.9 Å². The van der Waals surface area contributed by atoms with E-state index in [1.54, 1.807) is 12.3 Å². The lowest BCUT2D eigenvalue weighted by atomic mass is 9.98. The molecule has 1 aliphatic rings. The Balaban J connectivity index is 1.62. The van der Waals surface area contributed by atoms with Gasteiger partial charge in [-0.25, -0.2) is 17.6 Å². The first kappa shape index (κ1) is 23.4. The van der Waals surface area contributed by atoms with E-state index in [4.69, 9.17) is 0 Å². The van der Waals surface area contributed by atoms with Gasteiger partial charge in [0.05, 0.1) is 37.0 Å². The number of hydrogen-bond donors (Lipinski definition) is 2. The van der Waals surface area contributed by atoms with Crippen LogP contribution < -0.4 is 5.32 Å². The minimum atomic E-state index is -1.79. The Labute approximate surface area is 192 Å². The third kappa shape index (κ3) is 4.91. The zero-order chi connectivity index (χ0) is 24.2. The van der Waals surface area contributed by atoms with Gasteiger partial charge < -0.3 is 10.4 Å². The highest BCUT2D eigenvalue weighted by Gasteiger charge is 2.27. The molecule has 0 bridgehead atoms. The summed E-state index contributed by atoms with van der Waals surface area (Å²) in [6, 6.07) is 7.43. The second kappa shape index (κ2) is 10.0. The average molecular weight is 472 g/mol. The number of benzene rings is 2. The predicted molar refractivity (Wildman–Crippen MR) is 118 cm³/mol. The molecule has 2 N–H and O–H groups in total. The minimum absolute atomic E-state index is 0.00622. The number of aromatic nitrogens is 2. The number of amides is 1. The highest BCUT2D eigenvalue weighted by Crippen LogP contribution is 2.27. The fourth-order valence-electron chi connectivity index (χ4n) is 3.70. The van der Waals surface area contributed by atoms with Gasteiger partial charge in [-0.15, -0.1) is 0 Å². The maximum Gasteiger partial charge on any atom is 0.252 e. The smallest absolute Gasteiger partial charge is 0.252 e. The van der Waals surface area contributed by atoms with Crippen molar-refractivity contribution in [2.75, 3.05) is 13.2 Å². The van der Waals surface area contributed by atoms with Gasteiger partial charge in [0.2, 0.25) is 0 Å². The molecular formula is C24H20F4N4O2. The first-order chi connectivity index (χ1) is 16.4. The number of allylic oxidation sites excluding steroid dienone is 1. The van der Waals surface area contributed by atoms with Gasteiger partial charge in [-0.05, 0) is 42.0 Å². The monoisotopic (exact) mass is 472 g/mol. The van der Waals surface area contributed by atoms with Crippen molar-refractivity contribution in [3.63, 3.8) is 0 Å². The molecule has 0 saturated heterocycles. The van der Waals surface area contributed by atoms with E-state index in [-0.39, 0.29) is 35.5 Å². The van der Waals surface area contributed by atoms with Crippen LogP contribution in [-0.4, -0.2) is 51.9 Å². The number of aliphatic hydroxyl groups is 1. The number of hydrogen-bond acceptors (Lipinski definition) is 4. The molecule has 2 aromatic carbocycles. The number of halogens is 4. The molecule has 2 atom stereocenters. The first-order valence-corrected chi connectivity index (χ1v) is 10.4. The summed E-state index contributed by atoms with van der Waals surface area (Å²) in [5.41, 5.74) is 0.374. The van der Waals surface area contributed by atoms with E-state index in [2.05, 4.69) is 15.4 Å². The largest absolute Gasteiger partial charge is 0.393 e. The Kier molecular flexibility index (Phi) is 6.87. The molecule has 0 aliphatic carbocycles. The van der Waals surface area contributed by atoms with Crippen LogP contribution in [0.25, 0.3) is 5.57 Å². The van der Waals surface area contributed by atoms with Gasteiger partial charge in [-0.3, -0.25) is 14.5 Å². The molecule has 3 aromatic rings. The van der Waals surface area contributed by atoms with E-state index in [0.717, 1.165) is 18.2 Å². The Morgan fingerprint density at radius 1 is 1.15 bits per heavy atom. The van der Waals surface area contributed by atoms with Crippen molar-refractivity contribution < 1.29 is 27.5 Å². The van der Waals surface area contributed by atoms with E-state index < -0.39 is 42.2 Å². The highest BCUT2D eigenvalue weighted by molar-refractivity contribution is 6.19. The lowest BCUT2D eigenvalue weighted by Gasteiger charge is -2.22. The molecule has 0 spiro atoms. The van der Waals surface area contributed by atoms with Gasteiger partial charge >= 0.3 is 0 Å². The van der Waals surface area contributed by atoms with Crippen LogP contribution in [0.1, 0.15) is 21.5 Å². The van der Waals surface area contributed by atoms with Gasteiger partial charge in [0.15, 0.2) is 0 Å². The molecule has 1 aliphatic heterocycles. The van der Waals surface area contributed by atoms with Crippen LogP contribution >= 0.6 is 0 Å². The molecule has 4 rings (SSSR count). The molecular weight excluding hydrogens is 452 g/mol. The average Bonchev–Trinajstić information content (AvgIpc) is 3.50. The molecule has 0 radical (unpaired) electrons. The highest BCUT2D eigenvalue weighted by atomic mass is 19.1. The van der Waals surface area contributed by atoms with E-state index >= 15 is 0 Å². The third-order valence-electron chi connectivity index (χ3n) is 5.39. The Bertz CT molecular complexity index is 1260. The van der Waals surface area contributed by atoms with Crippen LogP contribution in [0.4, 0.5) is 17.6 Å². The van der Waals surface area contributed by atoms with Crippen molar-refractivity contribution >= 4 is 17.2 Å². The summed E-state index contributed by atoms with van der Waals surface area (Å²) in [5.74, 6) is -3.03.